The van der Waals surface area contributed by atoms with Crippen LogP contribution >= 0.6 is 12.2 Å². The topological polar surface area (TPSA) is 92.7 Å². The first kappa shape index (κ1) is 19.5. The lowest BCUT2D eigenvalue weighted by atomic mass is 10.2. The third kappa shape index (κ3) is 7.29. The van der Waals surface area contributed by atoms with E-state index < -0.39 is 0 Å². The minimum Gasteiger partial charge on any atom is -0.383 e. The van der Waals surface area contributed by atoms with Gasteiger partial charge in [0.15, 0.2) is 5.11 Å². The molecule has 0 bridgehead atoms. The minimum absolute atomic E-state index is 0.147. The number of guanidine groups is 1. The number of aliphatic imine (C=N–C) groups is 1. The summed E-state index contributed by atoms with van der Waals surface area (Å²) in [5, 5.41) is 9.68. The third-order valence-corrected chi connectivity index (χ3v) is 3.76. The molecule has 3 N–H and O–H groups in total. The fraction of sp³-hybridized carbons (Fsp3) is 0.625. The second-order valence-electron chi connectivity index (χ2n) is 5.80. The second kappa shape index (κ2) is 10.2. The number of thiocarbonyl (C=S) groups is 1. The molecule has 1 aliphatic rings. The molecule has 1 atom stereocenters. The normalized spacial score (nSPS) is 17.4. The molecule has 1 aliphatic heterocycles. The van der Waals surface area contributed by atoms with E-state index in [1.807, 2.05) is 19.9 Å². The van der Waals surface area contributed by atoms with Crippen molar-refractivity contribution in [2.24, 2.45) is 4.99 Å². The first-order valence-corrected chi connectivity index (χ1v) is 8.77. The highest BCUT2D eigenvalue weighted by atomic mass is 32.1. The van der Waals surface area contributed by atoms with Crippen molar-refractivity contribution in [2.75, 3.05) is 38.7 Å². The lowest BCUT2D eigenvalue weighted by Crippen LogP contribution is -2.44. The van der Waals surface area contributed by atoms with Gasteiger partial charge in [-0.05, 0) is 45.0 Å². The highest BCUT2D eigenvalue weighted by Gasteiger charge is 2.15. The zero-order valence-electron chi connectivity index (χ0n) is 15.0. The third-order valence-electron chi connectivity index (χ3n) is 3.51. The predicted molar refractivity (Wildman–Crippen MR) is 102 cm³/mol. The molecule has 1 saturated heterocycles. The molecule has 0 radical (unpaired) electrons. The standard InChI is InChI=1S/C16H26N6O2S/c1-11-9-12(2)20-15(19-11)21-14(18-10-13-5-4-7-24-13)22-16(25)17-6-8-23-3/h9,13H,4-8,10H2,1-3H3,(H3,17,18,19,20,21,22,25). The molecule has 0 amide bonds. The molecule has 2 rings (SSSR count). The zero-order chi connectivity index (χ0) is 18.1. The molecule has 0 aromatic carbocycles. The number of aryl methyl sites for hydroxylation is 2. The summed E-state index contributed by atoms with van der Waals surface area (Å²) in [6, 6.07) is 1.92. The van der Waals surface area contributed by atoms with Gasteiger partial charge < -0.3 is 20.1 Å². The van der Waals surface area contributed by atoms with Gasteiger partial charge in [-0.25, -0.2) is 15.0 Å². The molecule has 1 unspecified atom stereocenters. The van der Waals surface area contributed by atoms with Gasteiger partial charge in [-0.15, -0.1) is 0 Å². The first-order valence-electron chi connectivity index (χ1n) is 8.36. The summed E-state index contributed by atoms with van der Waals surface area (Å²) in [6.07, 6.45) is 2.25. The van der Waals surface area contributed by atoms with Crippen molar-refractivity contribution in [3.05, 3.63) is 17.5 Å². The van der Waals surface area contributed by atoms with Crippen LogP contribution in [0, 0.1) is 13.8 Å². The summed E-state index contributed by atoms with van der Waals surface area (Å²) >= 11 is 5.29. The van der Waals surface area contributed by atoms with E-state index in [9.17, 15) is 0 Å². The maximum atomic E-state index is 5.62. The molecule has 2 heterocycles. The Morgan fingerprint density at radius 1 is 1.40 bits per heavy atom. The number of rotatable bonds is 6. The average Bonchev–Trinajstić information content (AvgIpc) is 3.05. The van der Waals surface area contributed by atoms with Crippen molar-refractivity contribution in [2.45, 2.75) is 32.8 Å². The molecular weight excluding hydrogens is 340 g/mol. The van der Waals surface area contributed by atoms with Crippen LogP contribution in [-0.4, -0.2) is 60.6 Å². The Balaban J connectivity index is 2.01. The molecule has 25 heavy (non-hydrogen) atoms. The number of methoxy groups -OCH3 is 1. The van der Waals surface area contributed by atoms with Crippen LogP contribution in [-0.2, 0) is 9.47 Å². The van der Waals surface area contributed by atoms with E-state index in [2.05, 4.69) is 30.9 Å². The Kier molecular flexibility index (Phi) is 7.96. The highest BCUT2D eigenvalue weighted by Crippen LogP contribution is 2.12. The lowest BCUT2D eigenvalue weighted by Gasteiger charge is -2.15. The van der Waals surface area contributed by atoms with Crippen LogP contribution in [0.25, 0.3) is 0 Å². The van der Waals surface area contributed by atoms with Crippen LogP contribution in [0.1, 0.15) is 24.2 Å². The van der Waals surface area contributed by atoms with Crippen molar-refractivity contribution < 1.29 is 9.47 Å². The van der Waals surface area contributed by atoms with E-state index in [1.54, 1.807) is 7.11 Å². The first-order chi connectivity index (χ1) is 12.1. The van der Waals surface area contributed by atoms with Gasteiger partial charge >= 0.3 is 0 Å². The fourth-order valence-electron chi connectivity index (χ4n) is 2.40. The largest absolute Gasteiger partial charge is 0.383 e. The minimum atomic E-state index is 0.147. The molecule has 1 aromatic heterocycles. The molecule has 8 nitrogen and oxygen atoms in total. The average molecular weight is 366 g/mol. The Morgan fingerprint density at radius 3 is 2.80 bits per heavy atom. The number of hydrogen-bond donors (Lipinski definition) is 3. The number of ether oxygens (including phenoxy) is 2. The van der Waals surface area contributed by atoms with Crippen molar-refractivity contribution in [3.8, 4) is 0 Å². The fourth-order valence-corrected chi connectivity index (χ4v) is 2.60. The van der Waals surface area contributed by atoms with Gasteiger partial charge in [-0.1, -0.05) is 0 Å². The summed E-state index contributed by atoms with van der Waals surface area (Å²) in [4.78, 5) is 13.3. The molecular formula is C16H26N6O2S. The van der Waals surface area contributed by atoms with E-state index in [0.717, 1.165) is 30.8 Å². The van der Waals surface area contributed by atoms with E-state index >= 15 is 0 Å². The van der Waals surface area contributed by atoms with Gasteiger partial charge in [0.2, 0.25) is 11.9 Å². The molecule has 138 valence electrons. The summed E-state index contributed by atoms with van der Waals surface area (Å²) < 4.78 is 10.6. The Bertz CT molecular complexity index is 584. The summed E-state index contributed by atoms with van der Waals surface area (Å²) in [5.74, 6) is 0.978. The molecule has 0 saturated carbocycles. The van der Waals surface area contributed by atoms with Gasteiger partial charge in [0, 0.05) is 31.6 Å². The van der Waals surface area contributed by atoms with Gasteiger partial charge in [0.05, 0.1) is 19.3 Å². The monoisotopic (exact) mass is 366 g/mol. The van der Waals surface area contributed by atoms with Crippen LogP contribution in [0.3, 0.4) is 0 Å². The predicted octanol–water partition coefficient (Wildman–Crippen LogP) is 1.15. The molecule has 0 aliphatic carbocycles. The maximum absolute atomic E-state index is 5.62. The van der Waals surface area contributed by atoms with Crippen molar-refractivity contribution in [1.82, 2.24) is 20.6 Å². The maximum Gasteiger partial charge on any atom is 0.229 e. The Labute approximate surface area is 153 Å². The van der Waals surface area contributed by atoms with Gasteiger partial charge in [-0.3, -0.25) is 5.32 Å². The van der Waals surface area contributed by atoms with Crippen molar-refractivity contribution in [3.63, 3.8) is 0 Å². The van der Waals surface area contributed by atoms with Crippen molar-refractivity contribution in [1.29, 1.82) is 0 Å². The number of nitrogens with zero attached hydrogens (tertiary/aromatic N) is 3. The van der Waals surface area contributed by atoms with Gasteiger partial charge in [-0.2, -0.15) is 0 Å². The number of nitrogens with one attached hydrogen (secondary N) is 3. The zero-order valence-corrected chi connectivity index (χ0v) is 15.8. The summed E-state index contributed by atoms with van der Waals surface area (Å²) in [5.41, 5.74) is 1.77. The molecule has 1 aromatic rings. The van der Waals surface area contributed by atoms with Crippen LogP contribution in [0.4, 0.5) is 5.95 Å². The summed E-state index contributed by atoms with van der Waals surface area (Å²) in [7, 11) is 1.64. The molecule has 9 heteroatoms. The lowest BCUT2D eigenvalue weighted by molar-refractivity contribution is 0.118. The van der Waals surface area contributed by atoms with E-state index in [0.29, 0.717) is 36.7 Å². The van der Waals surface area contributed by atoms with Crippen LogP contribution < -0.4 is 16.0 Å². The summed E-state index contributed by atoms with van der Waals surface area (Å²) in [6.45, 7) is 6.38. The van der Waals surface area contributed by atoms with Crippen LogP contribution in [0.5, 0.6) is 0 Å². The van der Waals surface area contributed by atoms with Gasteiger partial charge in [0.25, 0.3) is 0 Å². The van der Waals surface area contributed by atoms with Gasteiger partial charge in [0.1, 0.15) is 0 Å². The highest BCUT2D eigenvalue weighted by molar-refractivity contribution is 7.80. The number of anilines is 1. The van der Waals surface area contributed by atoms with Crippen LogP contribution in [0.2, 0.25) is 0 Å². The van der Waals surface area contributed by atoms with E-state index in [-0.39, 0.29) is 6.10 Å². The SMILES string of the molecule is COCCNC(=S)NC(=NCC1CCCO1)Nc1nc(C)cc(C)n1. The van der Waals surface area contributed by atoms with E-state index in [1.165, 1.54) is 0 Å². The number of hydrogen-bond acceptors (Lipinski definition) is 6. The van der Waals surface area contributed by atoms with E-state index in [4.69, 9.17) is 21.7 Å². The Morgan fingerprint density at radius 2 is 2.16 bits per heavy atom. The Hall–Kier alpha value is -1.84. The van der Waals surface area contributed by atoms with Crippen LogP contribution in [0.15, 0.2) is 11.1 Å². The quantitative estimate of drug-likeness (QED) is 0.299. The van der Waals surface area contributed by atoms with Crippen molar-refractivity contribution >= 4 is 29.2 Å². The second-order valence-corrected chi connectivity index (χ2v) is 6.21. The smallest absolute Gasteiger partial charge is 0.229 e. The number of aromatic nitrogens is 2. The molecule has 0 spiro atoms. The molecule has 1 fully saturated rings.